The lowest BCUT2D eigenvalue weighted by molar-refractivity contribution is -0.151. The summed E-state index contributed by atoms with van der Waals surface area (Å²) < 4.78 is 23.8. The fraction of sp³-hybridized carbons (Fsp3) is 0.417. The third kappa shape index (κ3) is 2.74. The van der Waals surface area contributed by atoms with E-state index in [2.05, 4.69) is 0 Å². The number of benzene rings is 1. The number of hydrogen-bond donors (Lipinski definition) is 0. The molecule has 6 nitrogen and oxygen atoms in total. The predicted octanol–water partition coefficient (Wildman–Crippen LogP) is 2.55. The van der Waals surface area contributed by atoms with Crippen LogP contribution in [0.2, 0.25) is 0 Å². The summed E-state index contributed by atoms with van der Waals surface area (Å²) in [6, 6.07) is 5.91. The van der Waals surface area contributed by atoms with Gasteiger partial charge in [0.1, 0.15) is 0 Å². The molecule has 20 heavy (non-hydrogen) atoms. The van der Waals surface area contributed by atoms with Gasteiger partial charge in [-0.2, -0.15) is 17.8 Å². The van der Waals surface area contributed by atoms with E-state index in [0.717, 1.165) is 10.6 Å². The van der Waals surface area contributed by atoms with E-state index in [1.165, 1.54) is 0 Å². The van der Waals surface area contributed by atoms with Gasteiger partial charge in [0.2, 0.25) is 6.23 Å². The first-order chi connectivity index (χ1) is 9.21. The molecule has 1 atom stereocenters. The van der Waals surface area contributed by atoms with E-state index < -0.39 is 21.5 Å². The van der Waals surface area contributed by atoms with Crippen LogP contribution >= 0.6 is 10.7 Å². The Morgan fingerprint density at radius 3 is 2.25 bits per heavy atom. The van der Waals surface area contributed by atoms with Gasteiger partial charge in [-0.3, -0.25) is 0 Å². The highest BCUT2D eigenvalue weighted by Crippen LogP contribution is 2.35. The van der Waals surface area contributed by atoms with Crippen LogP contribution in [0.4, 0.5) is 4.79 Å². The van der Waals surface area contributed by atoms with E-state index in [1.54, 1.807) is 38.1 Å². The number of nitrogens with zero attached hydrogens (tertiary/aromatic N) is 2. The molecule has 1 heterocycles. The van der Waals surface area contributed by atoms with Gasteiger partial charge in [-0.15, -0.1) is 0 Å². The Kier molecular flexibility index (Phi) is 3.95. The van der Waals surface area contributed by atoms with Crippen LogP contribution in [0.5, 0.6) is 0 Å². The number of urea groups is 1. The number of carbonyl (C=O) groups is 1. The van der Waals surface area contributed by atoms with Crippen LogP contribution in [0.1, 0.15) is 31.2 Å². The molecule has 2 amide bonds. The summed E-state index contributed by atoms with van der Waals surface area (Å²) in [6.45, 7) is 5.34. The summed E-state index contributed by atoms with van der Waals surface area (Å²) in [7, 11) is 1.11. The van der Waals surface area contributed by atoms with Crippen LogP contribution in [-0.2, 0) is 14.1 Å². The maximum absolute atomic E-state index is 12.1. The molecule has 0 spiro atoms. The molecular formula is C12H15ClN2O4S. The summed E-state index contributed by atoms with van der Waals surface area (Å²) in [4.78, 5) is 17.6. The first-order valence-corrected chi connectivity index (χ1v) is 8.29. The number of amides is 2. The minimum atomic E-state index is -4.24. The normalized spacial score (nSPS) is 20.1. The molecule has 8 heteroatoms. The van der Waals surface area contributed by atoms with Crippen LogP contribution in [0.15, 0.2) is 24.3 Å². The van der Waals surface area contributed by atoms with E-state index in [4.69, 9.17) is 15.5 Å². The van der Waals surface area contributed by atoms with Crippen molar-refractivity contribution in [3.63, 3.8) is 0 Å². The van der Waals surface area contributed by atoms with Gasteiger partial charge in [-0.05, 0) is 20.8 Å². The number of hydrogen-bond acceptors (Lipinski definition) is 4. The lowest BCUT2D eigenvalue weighted by Crippen LogP contribution is -2.37. The third-order valence-corrected chi connectivity index (χ3v) is 4.13. The molecular weight excluding hydrogens is 304 g/mol. The zero-order chi connectivity index (χ0) is 15.1. The Bertz CT molecular complexity index is 615. The van der Waals surface area contributed by atoms with Crippen molar-refractivity contribution in [2.45, 2.75) is 33.0 Å². The summed E-state index contributed by atoms with van der Waals surface area (Å²) in [6.07, 6.45) is -1.08. The van der Waals surface area contributed by atoms with Gasteiger partial charge < -0.3 is 0 Å². The minimum absolute atomic E-state index is 0.307. The van der Waals surface area contributed by atoms with Crippen LogP contribution in [0.3, 0.4) is 0 Å². The van der Waals surface area contributed by atoms with Crippen molar-refractivity contribution in [1.82, 2.24) is 9.37 Å². The van der Waals surface area contributed by atoms with Crippen molar-refractivity contribution < 1.29 is 18.0 Å². The molecule has 2 rings (SSSR count). The summed E-state index contributed by atoms with van der Waals surface area (Å²) >= 11 is 0. The molecule has 1 aromatic carbocycles. The minimum Gasteiger partial charge on any atom is -0.245 e. The Morgan fingerprint density at radius 2 is 1.80 bits per heavy atom. The predicted molar refractivity (Wildman–Crippen MR) is 74.0 cm³/mol. The highest BCUT2D eigenvalue weighted by Gasteiger charge is 2.47. The largest absolute Gasteiger partial charge is 0.361 e. The lowest BCUT2D eigenvalue weighted by Gasteiger charge is -2.17. The standard InChI is InChI=1S/C12H15ClN2O4S/c1-8(2)14-12(16)15(20(13,17)18)11(19-14)10-6-4-9(3)5-7-10/h4-8,11H,1-3H3. The van der Waals surface area contributed by atoms with E-state index in [0.29, 0.717) is 9.87 Å². The van der Waals surface area contributed by atoms with Gasteiger partial charge in [0.15, 0.2) is 0 Å². The SMILES string of the molecule is Cc1ccc(C2ON(C(C)C)C(=O)N2S(=O)(=O)Cl)cc1. The summed E-state index contributed by atoms with van der Waals surface area (Å²) in [5, 5.41) is 1.00. The molecule has 0 saturated carbocycles. The van der Waals surface area contributed by atoms with Crippen molar-refractivity contribution in [3.05, 3.63) is 35.4 Å². The molecule has 0 aliphatic carbocycles. The van der Waals surface area contributed by atoms with E-state index in [9.17, 15) is 13.2 Å². The summed E-state index contributed by atoms with van der Waals surface area (Å²) in [5.41, 5.74) is 1.55. The van der Waals surface area contributed by atoms with Gasteiger partial charge in [-0.25, -0.2) is 9.63 Å². The van der Waals surface area contributed by atoms with Crippen LogP contribution < -0.4 is 0 Å². The molecule has 0 aromatic heterocycles. The monoisotopic (exact) mass is 318 g/mol. The second-order valence-corrected chi connectivity index (χ2v) is 7.20. The third-order valence-electron chi connectivity index (χ3n) is 2.87. The Morgan fingerprint density at radius 1 is 1.25 bits per heavy atom. The number of rotatable bonds is 3. The highest BCUT2D eigenvalue weighted by atomic mass is 35.7. The number of aryl methyl sites for hydroxylation is 1. The van der Waals surface area contributed by atoms with Crippen molar-refractivity contribution >= 4 is 26.0 Å². The fourth-order valence-electron chi connectivity index (χ4n) is 1.87. The molecule has 0 radical (unpaired) electrons. The Hall–Kier alpha value is -1.31. The molecule has 1 aromatic rings. The highest BCUT2D eigenvalue weighted by molar-refractivity contribution is 8.12. The molecule has 1 unspecified atom stereocenters. The molecule has 1 saturated heterocycles. The number of carbonyl (C=O) groups excluding carboxylic acids is 1. The van der Waals surface area contributed by atoms with Gasteiger partial charge in [0.05, 0.1) is 6.04 Å². The van der Waals surface area contributed by atoms with Crippen LogP contribution in [0.25, 0.3) is 0 Å². The van der Waals surface area contributed by atoms with Crippen molar-refractivity contribution in [2.24, 2.45) is 0 Å². The second-order valence-electron chi connectivity index (χ2n) is 4.81. The van der Waals surface area contributed by atoms with Crippen LogP contribution in [-0.4, -0.2) is 29.9 Å². The maximum Gasteiger partial charge on any atom is 0.361 e. The molecule has 1 aliphatic rings. The zero-order valence-electron chi connectivity index (χ0n) is 11.3. The Balaban J connectivity index is 2.44. The average molecular weight is 319 g/mol. The second kappa shape index (κ2) is 5.23. The molecule has 1 fully saturated rings. The van der Waals surface area contributed by atoms with Crippen molar-refractivity contribution in [1.29, 1.82) is 0 Å². The quantitative estimate of drug-likeness (QED) is 0.803. The Labute approximate surface area is 122 Å². The molecule has 0 N–H and O–H groups in total. The molecule has 1 aliphatic heterocycles. The number of hydroxylamine groups is 2. The first kappa shape index (κ1) is 15.1. The van der Waals surface area contributed by atoms with Gasteiger partial charge >= 0.3 is 15.3 Å². The zero-order valence-corrected chi connectivity index (χ0v) is 12.9. The van der Waals surface area contributed by atoms with E-state index in [1.807, 2.05) is 6.92 Å². The lowest BCUT2D eigenvalue weighted by atomic mass is 10.1. The molecule has 0 bridgehead atoms. The van der Waals surface area contributed by atoms with Gasteiger partial charge in [0.25, 0.3) is 0 Å². The van der Waals surface area contributed by atoms with E-state index in [-0.39, 0.29) is 6.04 Å². The smallest absolute Gasteiger partial charge is 0.245 e. The van der Waals surface area contributed by atoms with Gasteiger partial charge in [-0.1, -0.05) is 29.8 Å². The summed E-state index contributed by atoms with van der Waals surface area (Å²) in [5.74, 6) is 0. The van der Waals surface area contributed by atoms with Crippen molar-refractivity contribution in [3.8, 4) is 0 Å². The maximum atomic E-state index is 12.1. The molecule has 110 valence electrons. The fourth-order valence-corrected chi connectivity index (χ4v) is 2.92. The van der Waals surface area contributed by atoms with Crippen molar-refractivity contribution in [2.75, 3.05) is 0 Å². The average Bonchev–Trinajstić information content (AvgIpc) is 2.67. The van der Waals surface area contributed by atoms with Gasteiger partial charge in [0, 0.05) is 16.2 Å². The number of halogens is 1. The van der Waals surface area contributed by atoms with E-state index >= 15 is 0 Å². The van der Waals surface area contributed by atoms with Crippen LogP contribution in [0, 0.1) is 6.92 Å². The first-order valence-electron chi connectivity index (χ1n) is 6.02. The topological polar surface area (TPSA) is 66.9 Å².